The molecule has 0 fully saturated rings. The Balaban J connectivity index is 0.000000150. The maximum absolute atomic E-state index is 10.3. The third-order valence-electron chi connectivity index (χ3n) is 3.40. The van der Waals surface area contributed by atoms with E-state index in [1.807, 2.05) is 29.6 Å². The molecule has 0 saturated carbocycles. The van der Waals surface area contributed by atoms with Crippen molar-refractivity contribution >= 4 is 29.8 Å². The quantitative estimate of drug-likeness (QED) is 0.425. The lowest BCUT2D eigenvalue weighted by Crippen LogP contribution is -1.88. The first kappa shape index (κ1) is 16.7. The first-order chi connectivity index (χ1) is 11.8. The summed E-state index contributed by atoms with van der Waals surface area (Å²) in [6.07, 6.45) is 0.777. The van der Waals surface area contributed by atoms with Crippen molar-refractivity contribution in [1.29, 1.82) is 0 Å². The van der Waals surface area contributed by atoms with Crippen LogP contribution in [0.3, 0.4) is 0 Å². The lowest BCUT2D eigenvalue weighted by Gasteiger charge is -2.17. The van der Waals surface area contributed by atoms with Crippen LogP contribution in [0.25, 0.3) is 0 Å². The lowest BCUT2D eigenvalue weighted by atomic mass is 10.2. The second-order valence-corrected chi connectivity index (χ2v) is 7.12. The van der Waals surface area contributed by atoms with Gasteiger partial charge in [-0.1, -0.05) is 59.9 Å². The van der Waals surface area contributed by atoms with Gasteiger partial charge in [0.15, 0.2) is 6.29 Å². The fraction of sp³-hybridized carbons (Fsp3) is 0.0500. The predicted molar refractivity (Wildman–Crippen MR) is 99.5 cm³/mol. The fourth-order valence-electron chi connectivity index (χ4n) is 2.24. The van der Waals surface area contributed by atoms with E-state index in [-0.39, 0.29) is 0 Å². The molecule has 120 valence electrons. The van der Waals surface area contributed by atoms with E-state index in [2.05, 4.69) is 48.5 Å². The van der Waals surface area contributed by atoms with Gasteiger partial charge in [0.2, 0.25) is 0 Å². The van der Waals surface area contributed by atoms with Gasteiger partial charge in [0.05, 0.1) is 12.7 Å². The van der Waals surface area contributed by atoms with Gasteiger partial charge in [0, 0.05) is 19.6 Å². The molecule has 0 aliphatic carbocycles. The van der Waals surface area contributed by atoms with E-state index in [4.69, 9.17) is 4.74 Å². The maximum atomic E-state index is 10.3. The molecule has 3 aromatic rings. The summed E-state index contributed by atoms with van der Waals surface area (Å²) in [6, 6.07) is 24.2. The van der Waals surface area contributed by atoms with Gasteiger partial charge in [-0.2, -0.15) is 0 Å². The third-order valence-corrected chi connectivity index (χ3v) is 5.97. The summed E-state index contributed by atoms with van der Waals surface area (Å²) in [5, 5.41) is 0. The van der Waals surface area contributed by atoms with Crippen LogP contribution in [-0.4, -0.2) is 13.4 Å². The highest BCUT2D eigenvalue weighted by atomic mass is 32.2. The monoisotopic (exact) mass is 352 g/mol. The molecule has 0 radical (unpaired) electrons. The number of rotatable bonds is 2. The van der Waals surface area contributed by atoms with Crippen molar-refractivity contribution in [1.82, 2.24) is 0 Å². The van der Waals surface area contributed by atoms with Crippen molar-refractivity contribution in [3.05, 3.63) is 78.4 Å². The standard InChI is InChI=1S/C12H8S2.C8H8O2/c1-2-6-10-9(5-1)13-11-7-3-4-8-12(11)14-10;1-10-8-5-3-2-4-7(8)6-9/h1-8H;2-6H,1H3. The van der Waals surface area contributed by atoms with Gasteiger partial charge in [0.25, 0.3) is 0 Å². The number of ether oxygens (including phenoxy) is 1. The molecule has 0 spiro atoms. The molecule has 4 rings (SSSR count). The summed E-state index contributed by atoms with van der Waals surface area (Å²) in [5.41, 5.74) is 0.588. The van der Waals surface area contributed by atoms with Gasteiger partial charge >= 0.3 is 0 Å². The van der Waals surface area contributed by atoms with E-state index in [0.29, 0.717) is 11.3 Å². The van der Waals surface area contributed by atoms with Crippen LogP contribution >= 0.6 is 23.5 Å². The smallest absolute Gasteiger partial charge is 0.153 e. The first-order valence-electron chi connectivity index (χ1n) is 7.44. The minimum atomic E-state index is 0.588. The summed E-state index contributed by atoms with van der Waals surface area (Å²) < 4.78 is 4.90. The van der Waals surface area contributed by atoms with E-state index >= 15 is 0 Å². The number of fused-ring (bicyclic) bond motifs is 2. The fourth-order valence-corrected chi connectivity index (χ4v) is 4.47. The molecular weight excluding hydrogens is 336 g/mol. The minimum absolute atomic E-state index is 0.588. The Labute approximate surface area is 150 Å². The highest BCUT2D eigenvalue weighted by Gasteiger charge is 2.14. The average Bonchev–Trinajstić information content (AvgIpc) is 2.66. The Morgan fingerprint density at radius 1 is 0.708 bits per heavy atom. The number of aldehydes is 1. The van der Waals surface area contributed by atoms with Crippen LogP contribution in [0.5, 0.6) is 5.75 Å². The molecule has 3 aromatic carbocycles. The summed E-state index contributed by atoms with van der Waals surface area (Å²) in [5.74, 6) is 0.623. The van der Waals surface area contributed by atoms with Crippen LogP contribution < -0.4 is 4.74 Å². The van der Waals surface area contributed by atoms with E-state index in [0.717, 1.165) is 6.29 Å². The molecule has 0 bridgehead atoms. The van der Waals surface area contributed by atoms with Crippen LogP contribution in [-0.2, 0) is 0 Å². The van der Waals surface area contributed by atoms with Crippen molar-refractivity contribution in [3.63, 3.8) is 0 Å². The normalized spacial score (nSPS) is 11.4. The molecule has 4 heteroatoms. The second kappa shape index (κ2) is 8.08. The summed E-state index contributed by atoms with van der Waals surface area (Å²) in [7, 11) is 1.54. The van der Waals surface area contributed by atoms with Gasteiger partial charge in [-0.15, -0.1) is 0 Å². The predicted octanol–water partition coefficient (Wildman–Crippen LogP) is 5.81. The third kappa shape index (κ3) is 3.83. The van der Waals surface area contributed by atoms with Crippen LogP contribution in [0.4, 0.5) is 0 Å². The molecule has 24 heavy (non-hydrogen) atoms. The van der Waals surface area contributed by atoms with Gasteiger partial charge in [0.1, 0.15) is 5.75 Å². The molecule has 0 aromatic heterocycles. The van der Waals surface area contributed by atoms with Gasteiger partial charge in [-0.05, 0) is 36.4 Å². The molecular formula is C20H16O2S2. The molecule has 2 nitrogen and oxygen atoms in total. The molecule has 0 saturated heterocycles. The maximum Gasteiger partial charge on any atom is 0.153 e. The Kier molecular flexibility index (Phi) is 5.62. The number of methoxy groups -OCH3 is 1. The van der Waals surface area contributed by atoms with E-state index < -0.39 is 0 Å². The summed E-state index contributed by atoms with van der Waals surface area (Å²) in [6.45, 7) is 0. The first-order valence-corrected chi connectivity index (χ1v) is 9.07. The zero-order chi connectivity index (χ0) is 16.8. The number of para-hydroxylation sites is 1. The van der Waals surface area contributed by atoms with Crippen LogP contribution in [0, 0.1) is 0 Å². The molecule has 0 unspecified atom stereocenters. The van der Waals surface area contributed by atoms with Crippen LogP contribution in [0.1, 0.15) is 10.4 Å². The van der Waals surface area contributed by atoms with Crippen molar-refractivity contribution in [2.45, 2.75) is 19.6 Å². The lowest BCUT2D eigenvalue weighted by molar-refractivity contribution is 0.112. The molecule has 1 aliphatic rings. The Hall–Kier alpha value is -2.17. The molecule has 1 aliphatic heterocycles. The van der Waals surface area contributed by atoms with Crippen molar-refractivity contribution in [2.24, 2.45) is 0 Å². The Morgan fingerprint density at radius 2 is 1.12 bits per heavy atom. The van der Waals surface area contributed by atoms with Crippen LogP contribution in [0.15, 0.2) is 92.4 Å². The second-order valence-electron chi connectivity index (χ2n) is 4.96. The number of hydrogen-bond acceptors (Lipinski definition) is 4. The van der Waals surface area contributed by atoms with Crippen molar-refractivity contribution in [3.8, 4) is 5.75 Å². The number of carbonyl (C=O) groups excluding carboxylic acids is 1. The van der Waals surface area contributed by atoms with E-state index in [1.165, 1.54) is 19.6 Å². The van der Waals surface area contributed by atoms with Gasteiger partial charge in [-0.25, -0.2) is 0 Å². The van der Waals surface area contributed by atoms with Crippen molar-refractivity contribution < 1.29 is 9.53 Å². The molecule has 0 amide bonds. The zero-order valence-corrected chi connectivity index (χ0v) is 14.8. The van der Waals surface area contributed by atoms with Gasteiger partial charge in [-0.3, -0.25) is 4.79 Å². The zero-order valence-electron chi connectivity index (χ0n) is 13.1. The van der Waals surface area contributed by atoms with Crippen LogP contribution in [0.2, 0.25) is 0 Å². The largest absolute Gasteiger partial charge is 0.496 e. The number of carbonyl (C=O) groups is 1. The van der Waals surface area contributed by atoms with Gasteiger partial charge < -0.3 is 4.74 Å². The minimum Gasteiger partial charge on any atom is -0.496 e. The highest BCUT2D eigenvalue weighted by Crippen LogP contribution is 2.47. The molecule has 0 atom stereocenters. The molecule has 1 heterocycles. The topological polar surface area (TPSA) is 26.3 Å². The number of benzene rings is 3. The SMILES string of the molecule is COc1ccccc1C=O.c1ccc2c(c1)Sc1ccccc1S2. The molecule has 0 N–H and O–H groups in total. The average molecular weight is 352 g/mol. The highest BCUT2D eigenvalue weighted by molar-refractivity contribution is 8.05. The Bertz CT molecular complexity index is 759. The number of hydrogen-bond donors (Lipinski definition) is 0. The van der Waals surface area contributed by atoms with E-state index in [1.54, 1.807) is 25.3 Å². The Morgan fingerprint density at radius 3 is 1.50 bits per heavy atom. The summed E-state index contributed by atoms with van der Waals surface area (Å²) >= 11 is 3.72. The van der Waals surface area contributed by atoms with E-state index in [9.17, 15) is 4.79 Å². The summed E-state index contributed by atoms with van der Waals surface area (Å²) in [4.78, 5) is 15.8. The van der Waals surface area contributed by atoms with Crippen molar-refractivity contribution in [2.75, 3.05) is 7.11 Å².